The van der Waals surface area contributed by atoms with Gasteiger partial charge < -0.3 is 5.11 Å². The van der Waals surface area contributed by atoms with E-state index in [-0.39, 0.29) is 12.1 Å². The Bertz CT molecular complexity index is 363. The molecule has 1 aliphatic rings. The first kappa shape index (κ1) is 14.5. The molecule has 2 nitrogen and oxygen atoms in total. The second-order valence-corrected chi connectivity index (χ2v) is 5.77. The Labute approximate surface area is 117 Å². The second kappa shape index (κ2) is 7.06. The van der Waals surface area contributed by atoms with E-state index in [0.717, 1.165) is 12.1 Å². The van der Waals surface area contributed by atoms with Crippen LogP contribution in [0.2, 0.25) is 0 Å². The molecule has 1 N–H and O–H groups in total. The van der Waals surface area contributed by atoms with Crippen LogP contribution in [0.4, 0.5) is 0 Å². The highest BCUT2D eigenvalue weighted by Crippen LogP contribution is 2.28. The lowest BCUT2D eigenvalue weighted by molar-refractivity contribution is 0.0126. The van der Waals surface area contributed by atoms with Gasteiger partial charge in [0, 0.05) is 12.1 Å². The fourth-order valence-electron chi connectivity index (χ4n) is 3.31. The quantitative estimate of drug-likeness (QED) is 0.872. The summed E-state index contributed by atoms with van der Waals surface area (Å²) < 4.78 is 0. The Morgan fingerprint density at radius 3 is 2.68 bits per heavy atom. The summed E-state index contributed by atoms with van der Waals surface area (Å²) in [7, 11) is 0. The first-order valence-electron chi connectivity index (χ1n) is 7.72. The molecule has 2 heteroatoms. The van der Waals surface area contributed by atoms with Crippen LogP contribution >= 0.6 is 0 Å². The maximum atomic E-state index is 10.6. The summed E-state index contributed by atoms with van der Waals surface area (Å²) in [6.45, 7) is 5.56. The zero-order valence-corrected chi connectivity index (χ0v) is 12.3. The van der Waals surface area contributed by atoms with Crippen molar-refractivity contribution >= 4 is 0 Å². The van der Waals surface area contributed by atoms with Crippen LogP contribution in [-0.4, -0.2) is 28.6 Å². The first-order valence-corrected chi connectivity index (χ1v) is 7.72. The van der Waals surface area contributed by atoms with Crippen LogP contribution in [0, 0.1) is 0 Å². The van der Waals surface area contributed by atoms with Crippen LogP contribution in [-0.2, 0) is 0 Å². The zero-order chi connectivity index (χ0) is 13.7. The van der Waals surface area contributed by atoms with Gasteiger partial charge in [0.25, 0.3) is 0 Å². The molecule has 3 atom stereocenters. The molecule has 0 radical (unpaired) electrons. The van der Waals surface area contributed by atoms with Gasteiger partial charge in [0.15, 0.2) is 0 Å². The lowest BCUT2D eigenvalue weighted by Crippen LogP contribution is -2.47. The number of benzene rings is 1. The van der Waals surface area contributed by atoms with Crippen molar-refractivity contribution in [3.05, 3.63) is 35.9 Å². The predicted octanol–water partition coefficient (Wildman–Crippen LogP) is 3.76. The van der Waals surface area contributed by atoms with Gasteiger partial charge in [-0.15, -0.1) is 0 Å². The topological polar surface area (TPSA) is 23.5 Å². The molecular weight excluding hydrogens is 234 g/mol. The summed E-state index contributed by atoms with van der Waals surface area (Å²) in [5.41, 5.74) is 1.04. The number of aliphatic hydroxyl groups excluding tert-OH is 1. The second-order valence-electron chi connectivity index (χ2n) is 5.77. The molecule has 0 aromatic heterocycles. The van der Waals surface area contributed by atoms with Crippen LogP contribution in [0.5, 0.6) is 0 Å². The molecule has 0 spiro atoms. The molecule has 0 amide bonds. The van der Waals surface area contributed by atoms with Gasteiger partial charge in [-0.2, -0.15) is 0 Å². The van der Waals surface area contributed by atoms with Crippen LogP contribution in [0.1, 0.15) is 57.6 Å². The van der Waals surface area contributed by atoms with Crippen molar-refractivity contribution < 1.29 is 5.11 Å². The number of nitrogens with zero attached hydrogens (tertiary/aromatic N) is 1. The van der Waals surface area contributed by atoms with Gasteiger partial charge >= 0.3 is 0 Å². The van der Waals surface area contributed by atoms with Crippen LogP contribution < -0.4 is 0 Å². The van der Waals surface area contributed by atoms with Crippen molar-refractivity contribution in [1.29, 1.82) is 0 Å². The van der Waals surface area contributed by atoms with Gasteiger partial charge in [-0.1, -0.05) is 50.1 Å². The number of rotatable bonds is 5. The van der Waals surface area contributed by atoms with Crippen molar-refractivity contribution in [3.8, 4) is 0 Å². The van der Waals surface area contributed by atoms with Gasteiger partial charge in [0.2, 0.25) is 0 Å². The molecule has 1 fully saturated rings. The Morgan fingerprint density at radius 2 is 2.00 bits per heavy atom. The van der Waals surface area contributed by atoms with Crippen molar-refractivity contribution in [3.63, 3.8) is 0 Å². The molecule has 3 unspecified atom stereocenters. The molecular formula is C17H27NO. The van der Waals surface area contributed by atoms with E-state index in [2.05, 4.69) is 18.7 Å². The van der Waals surface area contributed by atoms with E-state index in [1.165, 1.54) is 32.1 Å². The predicted molar refractivity (Wildman–Crippen MR) is 80.1 cm³/mol. The summed E-state index contributed by atoms with van der Waals surface area (Å²) in [6.07, 6.45) is 6.01. The van der Waals surface area contributed by atoms with E-state index in [9.17, 15) is 5.11 Å². The molecule has 2 rings (SSSR count). The Kier molecular flexibility index (Phi) is 5.41. The van der Waals surface area contributed by atoms with Crippen LogP contribution in [0.25, 0.3) is 0 Å². The average Bonchev–Trinajstić information content (AvgIpc) is 2.47. The molecule has 0 saturated carbocycles. The maximum Gasteiger partial charge on any atom is 0.0942 e. The van der Waals surface area contributed by atoms with E-state index < -0.39 is 0 Å². The third-order valence-electron chi connectivity index (χ3n) is 4.42. The largest absolute Gasteiger partial charge is 0.387 e. The van der Waals surface area contributed by atoms with Crippen molar-refractivity contribution in [1.82, 2.24) is 4.90 Å². The number of aliphatic hydroxyl groups is 1. The minimum atomic E-state index is -0.376. The number of hydrogen-bond donors (Lipinski definition) is 1. The van der Waals surface area contributed by atoms with E-state index in [1.807, 2.05) is 30.3 Å². The number of likely N-dealkylation sites (tertiary alicyclic amines) is 1. The monoisotopic (exact) mass is 261 g/mol. The minimum absolute atomic E-state index is 0.208. The SMILES string of the molecule is CCCC1CCCCN1C(C)C(O)c1ccccc1. The fourth-order valence-corrected chi connectivity index (χ4v) is 3.31. The lowest BCUT2D eigenvalue weighted by Gasteiger charge is -2.41. The van der Waals surface area contributed by atoms with Gasteiger partial charge in [0.1, 0.15) is 0 Å². The van der Waals surface area contributed by atoms with Gasteiger partial charge in [-0.05, 0) is 38.3 Å². The summed E-state index contributed by atoms with van der Waals surface area (Å²) in [6, 6.07) is 10.9. The van der Waals surface area contributed by atoms with Crippen molar-refractivity contribution in [2.45, 2.75) is 64.1 Å². The Morgan fingerprint density at radius 1 is 1.26 bits per heavy atom. The lowest BCUT2D eigenvalue weighted by atomic mass is 9.93. The fraction of sp³-hybridized carbons (Fsp3) is 0.647. The van der Waals surface area contributed by atoms with Gasteiger partial charge in [0.05, 0.1) is 6.10 Å². The molecule has 1 aromatic rings. The zero-order valence-electron chi connectivity index (χ0n) is 12.3. The average molecular weight is 261 g/mol. The highest BCUT2D eigenvalue weighted by atomic mass is 16.3. The van der Waals surface area contributed by atoms with Crippen molar-refractivity contribution in [2.75, 3.05) is 6.54 Å². The van der Waals surface area contributed by atoms with E-state index >= 15 is 0 Å². The third kappa shape index (κ3) is 3.58. The molecule has 19 heavy (non-hydrogen) atoms. The number of piperidine rings is 1. The molecule has 1 aromatic carbocycles. The maximum absolute atomic E-state index is 10.6. The highest BCUT2D eigenvalue weighted by Gasteiger charge is 2.30. The summed E-state index contributed by atoms with van der Waals surface area (Å²) >= 11 is 0. The van der Waals surface area contributed by atoms with E-state index in [1.54, 1.807) is 0 Å². The highest BCUT2D eigenvalue weighted by molar-refractivity contribution is 5.18. The molecule has 106 valence electrons. The molecule has 1 heterocycles. The van der Waals surface area contributed by atoms with Crippen LogP contribution in [0.15, 0.2) is 30.3 Å². The van der Waals surface area contributed by atoms with Gasteiger partial charge in [-0.25, -0.2) is 0 Å². The van der Waals surface area contributed by atoms with Crippen LogP contribution in [0.3, 0.4) is 0 Å². The summed E-state index contributed by atoms with van der Waals surface area (Å²) in [5, 5.41) is 10.6. The summed E-state index contributed by atoms with van der Waals surface area (Å²) in [4.78, 5) is 2.53. The van der Waals surface area contributed by atoms with E-state index in [0.29, 0.717) is 6.04 Å². The van der Waals surface area contributed by atoms with Gasteiger partial charge in [-0.3, -0.25) is 4.90 Å². The Hall–Kier alpha value is -0.860. The third-order valence-corrected chi connectivity index (χ3v) is 4.42. The first-order chi connectivity index (χ1) is 9.24. The number of hydrogen-bond acceptors (Lipinski definition) is 2. The standard InChI is InChI=1S/C17H27NO/c1-3-9-16-12-7-8-13-18(16)14(2)17(19)15-10-5-4-6-11-15/h4-6,10-11,14,16-17,19H,3,7-9,12-13H2,1-2H3. The van der Waals surface area contributed by atoms with Crippen molar-refractivity contribution in [2.24, 2.45) is 0 Å². The Balaban J connectivity index is 2.06. The summed E-state index contributed by atoms with van der Waals surface area (Å²) in [5.74, 6) is 0. The molecule has 0 bridgehead atoms. The molecule has 0 aliphatic carbocycles. The van der Waals surface area contributed by atoms with E-state index in [4.69, 9.17) is 0 Å². The molecule has 1 saturated heterocycles. The normalized spacial score (nSPS) is 24.1. The minimum Gasteiger partial charge on any atom is -0.387 e. The smallest absolute Gasteiger partial charge is 0.0942 e. The molecule has 1 aliphatic heterocycles.